The highest BCUT2D eigenvalue weighted by Crippen LogP contribution is 2.40. The van der Waals surface area contributed by atoms with Crippen molar-refractivity contribution in [3.05, 3.63) is 0 Å². The quantitative estimate of drug-likeness (QED) is 0.500. The van der Waals surface area contributed by atoms with Crippen LogP contribution in [0.25, 0.3) is 0 Å². The molecule has 0 unspecified atom stereocenters. The lowest BCUT2D eigenvalue weighted by Crippen LogP contribution is -2.54. The maximum atomic E-state index is 12.4. The molecule has 1 aliphatic heterocycles. The number of carbonyl (C=O) groups excluding carboxylic acids is 1. The number of likely N-dealkylation sites (N-methyl/N-ethyl adjacent to an activating group) is 1. The fourth-order valence-corrected chi connectivity index (χ4v) is 4.64. The second kappa shape index (κ2) is 7.94. The van der Waals surface area contributed by atoms with E-state index >= 15 is 0 Å². The minimum absolute atomic E-state index is 0.0198. The fourth-order valence-electron chi connectivity index (χ4n) is 3.79. The van der Waals surface area contributed by atoms with Gasteiger partial charge in [-0.2, -0.15) is 8.42 Å². The van der Waals surface area contributed by atoms with Crippen LogP contribution in [0.15, 0.2) is 0 Å². The Balaban J connectivity index is 2.06. The number of ether oxygens (including phenoxy) is 1. The number of hydrogen-bond acceptors (Lipinski definition) is 6. The van der Waals surface area contributed by atoms with E-state index in [1.165, 1.54) is 0 Å². The third kappa shape index (κ3) is 5.97. The predicted octanol–water partition coefficient (Wildman–Crippen LogP) is 2.37. The number of likely N-dealkylation sites (tertiary alicyclic amines) is 1. The van der Waals surface area contributed by atoms with E-state index in [1.54, 1.807) is 0 Å². The Kier molecular flexibility index (Phi) is 6.84. The molecule has 2 fully saturated rings. The van der Waals surface area contributed by atoms with E-state index in [-0.39, 0.29) is 24.4 Å². The van der Waals surface area contributed by atoms with Crippen molar-refractivity contribution in [2.45, 2.75) is 41.8 Å². The molecule has 0 aromatic heterocycles. The second-order valence-electron chi connectivity index (χ2n) is 6.59. The number of fused-ring (bicyclic) bond motifs is 1. The molecule has 140 valence electrons. The average Bonchev–Trinajstić information content (AvgIpc) is 2.42. The van der Waals surface area contributed by atoms with E-state index in [1.807, 2.05) is 11.9 Å². The molecule has 1 aliphatic carbocycles. The molecule has 1 heterocycles. The molecular weight excluding hydrogens is 401 g/mol. The normalized spacial score (nSPS) is 32.4. The summed E-state index contributed by atoms with van der Waals surface area (Å²) in [5.41, 5.74) is 0. The van der Waals surface area contributed by atoms with Crippen molar-refractivity contribution < 1.29 is 22.1 Å². The topological polar surface area (TPSA) is 72.9 Å². The van der Waals surface area contributed by atoms with E-state index in [2.05, 4.69) is 0 Å². The van der Waals surface area contributed by atoms with Crippen LogP contribution in [0.3, 0.4) is 0 Å². The van der Waals surface area contributed by atoms with Gasteiger partial charge in [-0.1, -0.05) is 41.2 Å². The Bertz CT molecular complexity index is 565. The molecule has 4 atom stereocenters. The summed E-state index contributed by atoms with van der Waals surface area (Å²) in [6, 6.07) is -0.401. The van der Waals surface area contributed by atoms with Crippen LogP contribution in [0.5, 0.6) is 0 Å². The number of carbonyl (C=O) groups is 1. The molecule has 1 saturated carbocycles. The maximum absolute atomic E-state index is 12.4. The lowest BCUT2D eigenvalue weighted by atomic mass is 9.71. The van der Waals surface area contributed by atoms with Crippen LogP contribution >= 0.6 is 34.8 Å². The lowest BCUT2D eigenvalue weighted by molar-refractivity contribution is -0.133. The van der Waals surface area contributed by atoms with Gasteiger partial charge in [0.15, 0.2) is 5.78 Å². The monoisotopic (exact) mass is 421 g/mol. The van der Waals surface area contributed by atoms with E-state index < -0.39 is 20.1 Å². The highest BCUT2D eigenvalue weighted by molar-refractivity contribution is 7.86. The molecule has 10 heteroatoms. The second-order valence-corrected chi connectivity index (χ2v) is 10.4. The van der Waals surface area contributed by atoms with Crippen LogP contribution in [0.1, 0.15) is 25.7 Å². The molecule has 0 aromatic rings. The van der Waals surface area contributed by atoms with Gasteiger partial charge in [-0.25, -0.2) is 0 Å². The van der Waals surface area contributed by atoms with Gasteiger partial charge in [-0.3, -0.25) is 13.9 Å². The summed E-state index contributed by atoms with van der Waals surface area (Å²) in [5.74, 6) is 0.144. The number of hydrogen-bond donors (Lipinski definition) is 0. The number of halogens is 3. The standard InChI is InChI=1S/C14H22Cl3NO5S/c1-18-7-9-4-3-5-13(23-24(2,20)21)10(9)6-11(18)12(19)8-22-14(15,16)17/h9-11,13H,3-8H2,1-2H3/t9-,10+,11+,13+/m1/s1. The molecule has 6 nitrogen and oxygen atoms in total. The highest BCUT2D eigenvalue weighted by Gasteiger charge is 2.44. The summed E-state index contributed by atoms with van der Waals surface area (Å²) in [6.45, 7) is 0.402. The smallest absolute Gasteiger partial charge is 0.297 e. The Morgan fingerprint density at radius 1 is 1.29 bits per heavy atom. The summed E-state index contributed by atoms with van der Waals surface area (Å²) in [5, 5.41) is 0. The van der Waals surface area contributed by atoms with Crippen molar-refractivity contribution in [2.75, 3.05) is 26.5 Å². The van der Waals surface area contributed by atoms with E-state index in [9.17, 15) is 13.2 Å². The Labute approximate surface area is 157 Å². The van der Waals surface area contributed by atoms with Gasteiger partial charge in [0.2, 0.25) is 0 Å². The Morgan fingerprint density at radius 2 is 1.96 bits per heavy atom. The van der Waals surface area contributed by atoms with Crippen molar-refractivity contribution in [3.63, 3.8) is 0 Å². The first-order chi connectivity index (χ1) is 11.0. The molecule has 1 saturated heterocycles. The van der Waals surface area contributed by atoms with Gasteiger partial charge in [-0.05, 0) is 38.1 Å². The third-order valence-corrected chi connectivity index (χ3v) is 5.67. The minimum atomic E-state index is -3.53. The molecule has 0 bridgehead atoms. The maximum Gasteiger partial charge on any atom is 0.297 e. The zero-order valence-corrected chi connectivity index (χ0v) is 16.7. The van der Waals surface area contributed by atoms with Gasteiger partial charge < -0.3 is 4.74 Å². The molecule has 0 N–H and O–H groups in total. The van der Waals surface area contributed by atoms with Gasteiger partial charge in [-0.15, -0.1) is 0 Å². The first-order valence-electron chi connectivity index (χ1n) is 7.78. The Morgan fingerprint density at radius 3 is 2.54 bits per heavy atom. The van der Waals surface area contributed by atoms with Crippen molar-refractivity contribution in [2.24, 2.45) is 11.8 Å². The SMILES string of the molecule is CN1C[C@H]2CCC[C@H](OS(C)(=O)=O)[C@H]2C[C@H]1C(=O)COC(Cl)(Cl)Cl. The Hall–Kier alpha value is 0.370. The zero-order valence-electron chi connectivity index (χ0n) is 13.6. The number of piperidine rings is 1. The lowest BCUT2D eigenvalue weighted by Gasteiger charge is -2.46. The fraction of sp³-hybridized carbons (Fsp3) is 0.929. The van der Waals surface area contributed by atoms with Crippen LogP contribution in [0.4, 0.5) is 0 Å². The molecule has 2 rings (SSSR count). The van der Waals surface area contributed by atoms with Crippen LogP contribution in [-0.2, 0) is 23.8 Å². The summed E-state index contributed by atoms with van der Waals surface area (Å²) in [4.78, 5) is 14.4. The van der Waals surface area contributed by atoms with Gasteiger partial charge >= 0.3 is 0 Å². The average molecular weight is 423 g/mol. The first-order valence-corrected chi connectivity index (χ1v) is 10.7. The molecule has 0 radical (unpaired) electrons. The third-order valence-electron chi connectivity index (χ3n) is 4.74. The summed E-state index contributed by atoms with van der Waals surface area (Å²) >= 11 is 16.5. The van der Waals surface area contributed by atoms with Gasteiger partial charge in [0.05, 0.1) is 18.4 Å². The molecule has 0 aromatic carbocycles. The number of rotatable bonds is 5. The molecule has 0 spiro atoms. The largest absolute Gasteiger partial charge is 0.326 e. The zero-order chi connectivity index (χ0) is 18.1. The van der Waals surface area contributed by atoms with Gasteiger partial charge in [0.1, 0.15) is 6.61 Å². The van der Waals surface area contributed by atoms with E-state index in [0.717, 1.165) is 19.1 Å². The summed E-state index contributed by atoms with van der Waals surface area (Å²) < 4.78 is 31.3. The van der Waals surface area contributed by atoms with Crippen molar-refractivity contribution in [3.8, 4) is 0 Å². The van der Waals surface area contributed by atoms with Gasteiger partial charge in [0.25, 0.3) is 14.1 Å². The number of ketones is 1. The number of nitrogens with zero attached hydrogens (tertiary/aromatic N) is 1. The van der Waals surface area contributed by atoms with Crippen LogP contribution in [-0.4, -0.2) is 61.7 Å². The van der Waals surface area contributed by atoms with Crippen molar-refractivity contribution in [1.82, 2.24) is 4.90 Å². The molecular formula is C14H22Cl3NO5S. The predicted molar refractivity (Wildman–Crippen MR) is 92.8 cm³/mol. The van der Waals surface area contributed by atoms with Crippen LogP contribution < -0.4 is 0 Å². The van der Waals surface area contributed by atoms with Gasteiger partial charge in [0, 0.05) is 6.54 Å². The molecule has 2 aliphatic rings. The number of alkyl halides is 3. The first kappa shape index (κ1) is 20.7. The van der Waals surface area contributed by atoms with Crippen molar-refractivity contribution in [1.29, 1.82) is 0 Å². The minimum Gasteiger partial charge on any atom is -0.326 e. The number of Topliss-reactive ketones (excluding diaryl/α,β-unsaturated/α-hetero) is 1. The molecule has 0 amide bonds. The van der Waals surface area contributed by atoms with Crippen LogP contribution in [0.2, 0.25) is 0 Å². The summed E-state index contributed by atoms with van der Waals surface area (Å²) in [7, 11) is -1.66. The highest BCUT2D eigenvalue weighted by atomic mass is 35.6. The van der Waals surface area contributed by atoms with Crippen molar-refractivity contribution >= 4 is 50.7 Å². The van der Waals surface area contributed by atoms with E-state index in [4.69, 9.17) is 43.7 Å². The summed E-state index contributed by atoms with van der Waals surface area (Å²) in [6.07, 6.45) is 3.81. The van der Waals surface area contributed by atoms with E-state index in [0.29, 0.717) is 25.3 Å². The van der Waals surface area contributed by atoms with Crippen LogP contribution in [0, 0.1) is 11.8 Å². The molecule has 24 heavy (non-hydrogen) atoms.